The van der Waals surface area contributed by atoms with Crippen LogP contribution in [-0.2, 0) is 0 Å². The molecule has 1 N–H and O–H groups in total. The van der Waals surface area contributed by atoms with Gasteiger partial charge in [0.1, 0.15) is 17.4 Å². The van der Waals surface area contributed by atoms with Gasteiger partial charge in [0, 0.05) is 4.47 Å². The summed E-state index contributed by atoms with van der Waals surface area (Å²) in [6.07, 6.45) is -5.00. The minimum Gasteiger partial charge on any atom is -0.478 e. The van der Waals surface area contributed by atoms with Crippen molar-refractivity contribution < 1.29 is 27.8 Å². The Morgan fingerprint density at radius 2 is 2.06 bits per heavy atom. The third-order valence-electron chi connectivity index (χ3n) is 1.65. The number of nitrogens with zero attached hydrogens (tertiary/aromatic N) is 1. The predicted octanol–water partition coefficient (Wildman–Crippen LogP) is 2.92. The van der Waals surface area contributed by atoms with Gasteiger partial charge in [-0.1, -0.05) is 0 Å². The third-order valence-corrected chi connectivity index (χ3v) is 2.30. The molecule has 0 spiro atoms. The summed E-state index contributed by atoms with van der Waals surface area (Å²) in [4.78, 5) is 10.7. The average molecular weight is 310 g/mol. The lowest BCUT2D eigenvalue weighted by atomic mass is 10.1. The van der Waals surface area contributed by atoms with Gasteiger partial charge < -0.3 is 9.84 Å². The lowest BCUT2D eigenvalue weighted by Gasteiger charge is -2.12. The van der Waals surface area contributed by atoms with Crippen molar-refractivity contribution in [1.82, 2.24) is 0 Å². The molecule has 0 unspecified atom stereocenters. The van der Waals surface area contributed by atoms with E-state index in [1.54, 1.807) is 6.07 Å². The maximum absolute atomic E-state index is 12.0. The molecule has 17 heavy (non-hydrogen) atoms. The summed E-state index contributed by atoms with van der Waals surface area (Å²) in [5, 5.41) is 17.3. The fourth-order valence-corrected chi connectivity index (χ4v) is 1.43. The van der Waals surface area contributed by atoms with E-state index < -0.39 is 23.6 Å². The monoisotopic (exact) mass is 309 g/mol. The first-order chi connectivity index (χ1) is 7.74. The van der Waals surface area contributed by atoms with Crippen LogP contribution in [0.15, 0.2) is 16.6 Å². The Balaban J connectivity index is 3.34. The van der Waals surface area contributed by atoms with Gasteiger partial charge in [-0.3, -0.25) is 0 Å². The van der Waals surface area contributed by atoms with Crippen LogP contribution in [0.25, 0.3) is 0 Å². The minimum atomic E-state index is -5.00. The van der Waals surface area contributed by atoms with Gasteiger partial charge in [-0.05, 0) is 28.1 Å². The van der Waals surface area contributed by atoms with E-state index in [1.165, 1.54) is 0 Å². The van der Waals surface area contributed by atoms with E-state index in [1.807, 2.05) is 0 Å². The highest BCUT2D eigenvalue weighted by Gasteiger charge is 2.33. The van der Waals surface area contributed by atoms with Gasteiger partial charge in [0.05, 0.1) is 5.56 Å². The molecule has 1 aromatic carbocycles. The lowest BCUT2D eigenvalue weighted by molar-refractivity contribution is -0.274. The minimum absolute atomic E-state index is 0.0178. The molecule has 0 fully saturated rings. The molecule has 0 amide bonds. The Kier molecular flexibility index (Phi) is 3.63. The molecule has 0 aliphatic rings. The number of aromatic carboxylic acids is 1. The Morgan fingerprint density at radius 3 is 2.47 bits per heavy atom. The van der Waals surface area contributed by atoms with E-state index in [2.05, 4.69) is 20.7 Å². The second-order valence-electron chi connectivity index (χ2n) is 2.79. The van der Waals surface area contributed by atoms with Crippen molar-refractivity contribution in [2.24, 2.45) is 0 Å². The molecule has 0 saturated carbocycles. The smallest absolute Gasteiger partial charge is 0.478 e. The molecule has 90 valence electrons. The SMILES string of the molecule is N#Cc1cc(C(=O)O)c(OC(F)(F)F)cc1Br. The highest BCUT2D eigenvalue weighted by atomic mass is 79.9. The molecule has 1 rings (SSSR count). The normalized spacial score (nSPS) is 10.8. The number of carboxylic acid groups (broad SMARTS) is 1. The standard InChI is InChI=1S/C9H3BrF3NO3/c10-6-2-7(17-9(11,12)13)5(8(15)16)1-4(6)3-14/h1-2H,(H,15,16). The van der Waals surface area contributed by atoms with Crippen LogP contribution in [0.4, 0.5) is 13.2 Å². The number of nitriles is 1. The summed E-state index contributed by atoms with van der Waals surface area (Å²) >= 11 is 2.84. The molecule has 0 aromatic heterocycles. The fraction of sp³-hybridized carbons (Fsp3) is 0.111. The average Bonchev–Trinajstić information content (AvgIpc) is 2.14. The second-order valence-corrected chi connectivity index (χ2v) is 3.65. The molecular formula is C9H3BrF3NO3. The molecular weight excluding hydrogens is 307 g/mol. The van der Waals surface area contributed by atoms with Crippen molar-refractivity contribution >= 4 is 21.9 Å². The first kappa shape index (κ1) is 13.3. The Bertz CT molecular complexity index is 507. The summed E-state index contributed by atoms with van der Waals surface area (Å²) in [6.45, 7) is 0. The summed E-state index contributed by atoms with van der Waals surface area (Å²) in [7, 11) is 0. The van der Waals surface area contributed by atoms with E-state index in [0.29, 0.717) is 0 Å². The van der Waals surface area contributed by atoms with Crippen LogP contribution in [0, 0.1) is 11.3 Å². The maximum Gasteiger partial charge on any atom is 0.573 e. The molecule has 0 saturated heterocycles. The number of alkyl halides is 3. The summed E-state index contributed by atoms with van der Waals surface area (Å²) in [5.74, 6) is -2.50. The third kappa shape index (κ3) is 3.35. The van der Waals surface area contributed by atoms with Crippen LogP contribution in [0.5, 0.6) is 5.75 Å². The van der Waals surface area contributed by atoms with Gasteiger partial charge in [0.25, 0.3) is 0 Å². The molecule has 0 heterocycles. The molecule has 0 atom stereocenters. The second kappa shape index (κ2) is 4.63. The summed E-state index contributed by atoms with van der Waals surface area (Å²) in [5.41, 5.74) is -0.834. The zero-order valence-corrected chi connectivity index (χ0v) is 9.46. The van der Waals surface area contributed by atoms with E-state index in [0.717, 1.165) is 12.1 Å². The summed E-state index contributed by atoms with van der Waals surface area (Å²) < 4.78 is 39.6. The highest BCUT2D eigenvalue weighted by molar-refractivity contribution is 9.10. The molecule has 8 heteroatoms. The topological polar surface area (TPSA) is 70.3 Å². The number of ether oxygens (including phenoxy) is 1. The lowest BCUT2D eigenvalue weighted by Crippen LogP contribution is -2.19. The van der Waals surface area contributed by atoms with Crippen LogP contribution < -0.4 is 4.74 Å². The van der Waals surface area contributed by atoms with Crippen LogP contribution in [0.3, 0.4) is 0 Å². The number of hydrogen-bond acceptors (Lipinski definition) is 3. The van der Waals surface area contributed by atoms with E-state index >= 15 is 0 Å². The molecule has 0 aliphatic carbocycles. The van der Waals surface area contributed by atoms with Gasteiger partial charge in [0.2, 0.25) is 0 Å². The van der Waals surface area contributed by atoms with Gasteiger partial charge in [-0.25, -0.2) is 4.79 Å². The summed E-state index contributed by atoms with van der Waals surface area (Å²) in [6, 6.07) is 3.22. The molecule has 4 nitrogen and oxygen atoms in total. The van der Waals surface area contributed by atoms with E-state index in [9.17, 15) is 18.0 Å². The fourth-order valence-electron chi connectivity index (χ4n) is 1.02. The Hall–Kier alpha value is -1.75. The van der Waals surface area contributed by atoms with Gasteiger partial charge in [-0.2, -0.15) is 5.26 Å². The zero-order valence-electron chi connectivity index (χ0n) is 7.88. The number of rotatable bonds is 2. The zero-order chi connectivity index (χ0) is 13.2. The predicted molar refractivity (Wildman–Crippen MR) is 52.5 cm³/mol. The maximum atomic E-state index is 12.0. The van der Waals surface area contributed by atoms with Crippen LogP contribution >= 0.6 is 15.9 Å². The van der Waals surface area contributed by atoms with Crippen molar-refractivity contribution in [3.05, 3.63) is 27.7 Å². The first-order valence-electron chi connectivity index (χ1n) is 3.97. The van der Waals surface area contributed by atoms with Crippen molar-refractivity contribution in [3.63, 3.8) is 0 Å². The van der Waals surface area contributed by atoms with Gasteiger partial charge in [0.15, 0.2) is 0 Å². The first-order valence-corrected chi connectivity index (χ1v) is 4.76. The quantitative estimate of drug-likeness (QED) is 0.912. The van der Waals surface area contributed by atoms with Crippen molar-refractivity contribution in [1.29, 1.82) is 5.26 Å². The number of halogens is 4. The van der Waals surface area contributed by atoms with E-state index in [4.69, 9.17) is 10.4 Å². The van der Waals surface area contributed by atoms with Gasteiger partial charge in [-0.15, -0.1) is 13.2 Å². The van der Waals surface area contributed by atoms with Crippen molar-refractivity contribution in [2.75, 3.05) is 0 Å². The van der Waals surface area contributed by atoms with Crippen LogP contribution in [-0.4, -0.2) is 17.4 Å². The van der Waals surface area contributed by atoms with E-state index in [-0.39, 0.29) is 10.0 Å². The molecule has 0 bridgehead atoms. The molecule has 0 aliphatic heterocycles. The number of carbonyl (C=O) groups is 1. The van der Waals surface area contributed by atoms with Crippen LogP contribution in [0.1, 0.15) is 15.9 Å². The largest absolute Gasteiger partial charge is 0.573 e. The number of hydrogen-bond donors (Lipinski definition) is 1. The molecule has 1 aromatic rings. The number of benzene rings is 1. The molecule has 0 radical (unpaired) electrons. The van der Waals surface area contributed by atoms with Gasteiger partial charge >= 0.3 is 12.3 Å². The Labute approximate surface area is 101 Å². The van der Waals surface area contributed by atoms with Crippen molar-refractivity contribution in [3.8, 4) is 11.8 Å². The van der Waals surface area contributed by atoms with Crippen LogP contribution in [0.2, 0.25) is 0 Å². The number of carboxylic acids is 1. The van der Waals surface area contributed by atoms with Crippen molar-refractivity contribution in [2.45, 2.75) is 6.36 Å². The highest BCUT2D eigenvalue weighted by Crippen LogP contribution is 2.31. The Morgan fingerprint density at radius 1 is 1.47 bits per heavy atom.